The Morgan fingerprint density at radius 2 is 2.12 bits per heavy atom. The fourth-order valence-electron chi connectivity index (χ4n) is 2.75. The quantitative estimate of drug-likeness (QED) is 0.827. The molecule has 2 unspecified atom stereocenters. The molecular weight excluding hydrogens is 214 g/mol. The molecule has 2 rings (SSSR count). The van der Waals surface area contributed by atoms with E-state index in [0.29, 0.717) is 18.4 Å². The van der Waals surface area contributed by atoms with E-state index in [9.17, 15) is 5.11 Å². The summed E-state index contributed by atoms with van der Waals surface area (Å²) in [6.45, 7) is 4.20. The second kappa shape index (κ2) is 6.22. The highest BCUT2D eigenvalue weighted by Gasteiger charge is 2.23. The van der Waals surface area contributed by atoms with Crippen molar-refractivity contribution in [2.75, 3.05) is 13.2 Å². The maximum atomic E-state index is 9.34. The topological polar surface area (TPSA) is 45.4 Å². The molecule has 0 bridgehead atoms. The van der Waals surface area contributed by atoms with Gasteiger partial charge in [0.15, 0.2) is 0 Å². The van der Waals surface area contributed by atoms with Crippen LogP contribution in [0.1, 0.15) is 37.0 Å². The minimum absolute atomic E-state index is 0.339. The summed E-state index contributed by atoms with van der Waals surface area (Å²) >= 11 is 0. The number of nitrogens with one attached hydrogen (secondary N) is 1. The van der Waals surface area contributed by atoms with E-state index in [-0.39, 0.29) is 0 Å². The molecule has 1 aliphatic carbocycles. The number of furan rings is 1. The van der Waals surface area contributed by atoms with Crippen molar-refractivity contribution in [2.45, 2.75) is 39.2 Å². The highest BCUT2D eigenvalue weighted by molar-refractivity contribution is 5.14. The summed E-state index contributed by atoms with van der Waals surface area (Å²) in [4.78, 5) is 0. The molecule has 1 saturated carbocycles. The molecule has 3 nitrogen and oxygen atoms in total. The first-order valence-electron chi connectivity index (χ1n) is 6.66. The van der Waals surface area contributed by atoms with E-state index in [0.717, 1.165) is 18.8 Å². The van der Waals surface area contributed by atoms with Crippen LogP contribution in [0.25, 0.3) is 0 Å². The van der Waals surface area contributed by atoms with Gasteiger partial charge in [0.2, 0.25) is 0 Å². The molecule has 17 heavy (non-hydrogen) atoms. The van der Waals surface area contributed by atoms with Gasteiger partial charge in [0.1, 0.15) is 5.76 Å². The van der Waals surface area contributed by atoms with Gasteiger partial charge in [0, 0.05) is 6.61 Å². The Labute approximate surface area is 103 Å². The zero-order valence-corrected chi connectivity index (χ0v) is 10.6. The third kappa shape index (κ3) is 3.33. The number of rotatable bonds is 5. The Morgan fingerprint density at radius 1 is 1.35 bits per heavy atom. The van der Waals surface area contributed by atoms with Crippen molar-refractivity contribution in [3.63, 3.8) is 0 Å². The van der Waals surface area contributed by atoms with Crippen molar-refractivity contribution in [3.05, 3.63) is 23.7 Å². The normalized spacial score (nSPS) is 25.1. The van der Waals surface area contributed by atoms with Gasteiger partial charge in [-0.2, -0.15) is 0 Å². The van der Waals surface area contributed by atoms with Crippen molar-refractivity contribution in [1.29, 1.82) is 0 Å². The van der Waals surface area contributed by atoms with Crippen LogP contribution >= 0.6 is 0 Å². The fourth-order valence-corrected chi connectivity index (χ4v) is 2.75. The number of aryl methyl sites for hydroxylation is 1. The lowest BCUT2D eigenvalue weighted by molar-refractivity contribution is 0.132. The zero-order chi connectivity index (χ0) is 12.1. The van der Waals surface area contributed by atoms with Gasteiger partial charge in [-0.15, -0.1) is 0 Å². The Balaban J connectivity index is 1.75. The minimum atomic E-state index is 0.339. The van der Waals surface area contributed by atoms with Crippen LogP contribution in [0.3, 0.4) is 0 Å². The Kier molecular flexibility index (Phi) is 4.63. The van der Waals surface area contributed by atoms with Gasteiger partial charge in [0.25, 0.3) is 0 Å². The SMILES string of the molecule is Cc1ccoc1CNCC1CCCCC1CO. The van der Waals surface area contributed by atoms with Crippen molar-refractivity contribution in [3.8, 4) is 0 Å². The maximum Gasteiger partial charge on any atom is 0.120 e. The molecule has 0 aromatic carbocycles. The van der Waals surface area contributed by atoms with E-state index >= 15 is 0 Å². The number of aliphatic hydroxyl groups excluding tert-OH is 1. The van der Waals surface area contributed by atoms with E-state index in [4.69, 9.17) is 4.42 Å². The second-order valence-corrected chi connectivity index (χ2v) is 5.14. The first-order chi connectivity index (χ1) is 8.31. The fraction of sp³-hybridized carbons (Fsp3) is 0.714. The van der Waals surface area contributed by atoms with Crippen LogP contribution in [0.5, 0.6) is 0 Å². The highest BCUT2D eigenvalue weighted by Crippen LogP contribution is 2.29. The first kappa shape index (κ1) is 12.7. The summed E-state index contributed by atoms with van der Waals surface area (Å²) in [6, 6.07) is 1.99. The molecule has 1 aliphatic rings. The van der Waals surface area contributed by atoms with Crippen LogP contribution in [0.2, 0.25) is 0 Å². The molecule has 1 fully saturated rings. The molecule has 0 spiro atoms. The van der Waals surface area contributed by atoms with E-state index in [2.05, 4.69) is 12.2 Å². The zero-order valence-electron chi connectivity index (χ0n) is 10.6. The summed E-state index contributed by atoms with van der Waals surface area (Å²) in [5.41, 5.74) is 1.21. The molecule has 0 saturated heterocycles. The number of hydrogen-bond acceptors (Lipinski definition) is 3. The molecule has 1 heterocycles. The van der Waals surface area contributed by atoms with Crippen LogP contribution in [-0.4, -0.2) is 18.3 Å². The summed E-state index contributed by atoms with van der Waals surface area (Å²) < 4.78 is 5.39. The van der Waals surface area contributed by atoms with Gasteiger partial charge in [-0.1, -0.05) is 12.8 Å². The monoisotopic (exact) mass is 237 g/mol. The van der Waals surface area contributed by atoms with Gasteiger partial charge < -0.3 is 14.8 Å². The maximum absolute atomic E-state index is 9.34. The predicted octanol–water partition coefficient (Wildman–Crippen LogP) is 2.48. The van der Waals surface area contributed by atoms with Crippen molar-refractivity contribution < 1.29 is 9.52 Å². The van der Waals surface area contributed by atoms with Crippen LogP contribution in [0, 0.1) is 18.8 Å². The van der Waals surface area contributed by atoms with Crippen LogP contribution in [0.15, 0.2) is 16.7 Å². The van der Waals surface area contributed by atoms with Crippen molar-refractivity contribution in [2.24, 2.45) is 11.8 Å². The Morgan fingerprint density at radius 3 is 2.76 bits per heavy atom. The van der Waals surface area contributed by atoms with Crippen LogP contribution < -0.4 is 5.32 Å². The third-order valence-electron chi connectivity index (χ3n) is 3.96. The molecule has 0 radical (unpaired) electrons. The summed E-state index contributed by atoms with van der Waals surface area (Å²) in [7, 11) is 0. The second-order valence-electron chi connectivity index (χ2n) is 5.14. The number of aliphatic hydroxyl groups is 1. The molecule has 0 aliphatic heterocycles. The van der Waals surface area contributed by atoms with Gasteiger partial charge in [-0.05, 0) is 49.8 Å². The van der Waals surface area contributed by atoms with E-state index in [1.54, 1.807) is 6.26 Å². The Bertz CT molecular complexity index is 335. The van der Waals surface area contributed by atoms with Gasteiger partial charge in [0.05, 0.1) is 12.8 Å². The smallest absolute Gasteiger partial charge is 0.120 e. The van der Waals surface area contributed by atoms with Gasteiger partial charge in [-0.25, -0.2) is 0 Å². The summed E-state index contributed by atoms with van der Waals surface area (Å²) in [6.07, 6.45) is 6.75. The lowest BCUT2D eigenvalue weighted by Gasteiger charge is -2.30. The van der Waals surface area contributed by atoms with E-state index in [1.807, 2.05) is 6.07 Å². The molecular formula is C14H23NO2. The highest BCUT2D eigenvalue weighted by atomic mass is 16.3. The van der Waals surface area contributed by atoms with E-state index < -0.39 is 0 Å². The van der Waals surface area contributed by atoms with Crippen LogP contribution in [0.4, 0.5) is 0 Å². The van der Waals surface area contributed by atoms with Gasteiger partial charge >= 0.3 is 0 Å². The molecule has 2 N–H and O–H groups in total. The third-order valence-corrected chi connectivity index (χ3v) is 3.96. The molecule has 3 heteroatoms. The van der Waals surface area contributed by atoms with Crippen LogP contribution in [-0.2, 0) is 6.54 Å². The average Bonchev–Trinajstić information content (AvgIpc) is 2.76. The largest absolute Gasteiger partial charge is 0.468 e. The predicted molar refractivity (Wildman–Crippen MR) is 67.7 cm³/mol. The molecule has 1 aromatic heterocycles. The lowest BCUT2D eigenvalue weighted by atomic mass is 9.79. The molecule has 1 aromatic rings. The molecule has 0 amide bonds. The van der Waals surface area contributed by atoms with Gasteiger partial charge in [-0.3, -0.25) is 0 Å². The molecule has 96 valence electrons. The van der Waals surface area contributed by atoms with E-state index in [1.165, 1.54) is 31.2 Å². The summed E-state index contributed by atoms with van der Waals surface area (Å²) in [5, 5.41) is 12.8. The van der Waals surface area contributed by atoms with Crippen molar-refractivity contribution >= 4 is 0 Å². The average molecular weight is 237 g/mol. The number of hydrogen-bond donors (Lipinski definition) is 2. The molecule has 2 atom stereocenters. The Hall–Kier alpha value is -0.800. The standard InChI is InChI=1S/C14H23NO2/c1-11-6-7-17-14(11)9-15-8-12-4-2-3-5-13(12)10-16/h6-7,12-13,15-16H,2-5,8-10H2,1H3. The lowest BCUT2D eigenvalue weighted by Crippen LogP contribution is -2.32. The van der Waals surface area contributed by atoms with Crippen molar-refractivity contribution in [1.82, 2.24) is 5.32 Å². The summed E-state index contributed by atoms with van der Waals surface area (Å²) in [5.74, 6) is 2.15. The first-order valence-corrected chi connectivity index (χ1v) is 6.66. The minimum Gasteiger partial charge on any atom is -0.468 e.